The molecule has 1 aromatic heterocycles. The average Bonchev–Trinajstić information content (AvgIpc) is 3.12. The molecule has 0 saturated carbocycles. The number of amides is 2. The molecule has 0 aliphatic heterocycles. The summed E-state index contributed by atoms with van der Waals surface area (Å²) in [6.07, 6.45) is 2.38. The van der Waals surface area contributed by atoms with Crippen molar-refractivity contribution in [1.29, 1.82) is 0 Å². The number of hydrogen-bond acceptors (Lipinski definition) is 3. The summed E-state index contributed by atoms with van der Waals surface area (Å²) in [6, 6.07) is 15.1. The van der Waals surface area contributed by atoms with Crippen LogP contribution in [-0.4, -0.2) is 20.8 Å². The van der Waals surface area contributed by atoms with E-state index in [0.717, 1.165) is 29.8 Å². The standard InChI is InChI=1S/C21H25N5O/c1-4-15-12-13-18(16(5-2)14-15)25(20(22)27)21-23-19(6-3)24-26(21)17-10-8-7-9-11-17/h7-14H,4-6H2,1-3H3,(H2,22,27). The largest absolute Gasteiger partial charge is 0.351 e. The van der Waals surface area contributed by atoms with Gasteiger partial charge in [0, 0.05) is 6.42 Å². The molecule has 0 unspecified atom stereocenters. The predicted octanol–water partition coefficient (Wildman–Crippen LogP) is 4.17. The molecule has 0 saturated heterocycles. The Kier molecular flexibility index (Phi) is 5.54. The Hall–Kier alpha value is -3.15. The van der Waals surface area contributed by atoms with Crippen LogP contribution >= 0.6 is 0 Å². The minimum atomic E-state index is -0.582. The van der Waals surface area contributed by atoms with Gasteiger partial charge in [-0.3, -0.25) is 0 Å². The number of nitrogens with zero attached hydrogens (tertiary/aromatic N) is 4. The third kappa shape index (κ3) is 3.69. The summed E-state index contributed by atoms with van der Waals surface area (Å²) in [5.74, 6) is 1.06. The van der Waals surface area contributed by atoms with Gasteiger partial charge in [-0.15, -0.1) is 5.10 Å². The Bertz CT molecular complexity index is 933. The van der Waals surface area contributed by atoms with Crippen molar-refractivity contribution in [2.75, 3.05) is 4.90 Å². The minimum Gasteiger partial charge on any atom is -0.351 e. The molecule has 2 N–H and O–H groups in total. The Labute approximate surface area is 159 Å². The van der Waals surface area contributed by atoms with Crippen molar-refractivity contribution in [1.82, 2.24) is 14.8 Å². The highest BCUT2D eigenvalue weighted by Gasteiger charge is 2.25. The van der Waals surface area contributed by atoms with Gasteiger partial charge in [0.1, 0.15) is 0 Å². The molecule has 3 rings (SSSR count). The van der Waals surface area contributed by atoms with Crippen LogP contribution in [-0.2, 0) is 19.3 Å². The van der Waals surface area contributed by atoms with E-state index in [1.165, 1.54) is 10.5 Å². The van der Waals surface area contributed by atoms with Crippen LogP contribution in [0, 0.1) is 0 Å². The molecule has 1 heterocycles. The van der Waals surface area contributed by atoms with Crippen LogP contribution in [0.4, 0.5) is 16.4 Å². The van der Waals surface area contributed by atoms with Gasteiger partial charge in [-0.2, -0.15) is 9.67 Å². The van der Waals surface area contributed by atoms with Gasteiger partial charge in [-0.1, -0.05) is 51.1 Å². The lowest BCUT2D eigenvalue weighted by Gasteiger charge is -2.23. The fourth-order valence-corrected chi connectivity index (χ4v) is 3.07. The molecular weight excluding hydrogens is 338 g/mol. The number of para-hydroxylation sites is 1. The maximum Gasteiger partial charge on any atom is 0.326 e. The summed E-state index contributed by atoms with van der Waals surface area (Å²) in [7, 11) is 0. The number of urea groups is 1. The molecule has 0 radical (unpaired) electrons. The van der Waals surface area contributed by atoms with Gasteiger partial charge in [0.2, 0.25) is 5.95 Å². The number of rotatable bonds is 6. The lowest BCUT2D eigenvalue weighted by molar-refractivity contribution is 0.255. The van der Waals surface area contributed by atoms with Crippen LogP contribution in [0.25, 0.3) is 5.69 Å². The molecule has 2 amide bonds. The molecule has 0 aliphatic rings. The van der Waals surface area contributed by atoms with Crippen molar-refractivity contribution in [3.8, 4) is 5.69 Å². The van der Waals surface area contributed by atoms with Crippen LogP contribution < -0.4 is 10.6 Å². The average molecular weight is 363 g/mol. The first kappa shape index (κ1) is 18.6. The van der Waals surface area contributed by atoms with Crippen molar-refractivity contribution < 1.29 is 4.79 Å². The van der Waals surface area contributed by atoms with Gasteiger partial charge in [-0.05, 0) is 42.2 Å². The van der Waals surface area contributed by atoms with E-state index in [-0.39, 0.29) is 0 Å². The molecule has 0 bridgehead atoms. The maximum atomic E-state index is 12.5. The minimum absolute atomic E-state index is 0.407. The second-order valence-electron chi connectivity index (χ2n) is 6.27. The number of benzene rings is 2. The summed E-state index contributed by atoms with van der Waals surface area (Å²) in [5, 5.41) is 4.57. The molecule has 0 spiro atoms. The van der Waals surface area contributed by atoms with Crippen molar-refractivity contribution in [3.63, 3.8) is 0 Å². The number of primary amides is 1. The topological polar surface area (TPSA) is 77.0 Å². The van der Waals surface area contributed by atoms with Crippen LogP contribution in [0.1, 0.15) is 37.7 Å². The summed E-state index contributed by atoms with van der Waals surface area (Å²) < 4.78 is 1.68. The van der Waals surface area contributed by atoms with Gasteiger partial charge in [0.15, 0.2) is 5.82 Å². The van der Waals surface area contributed by atoms with Gasteiger partial charge >= 0.3 is 6.03 Å². The zero-order chi connectivity index (χ0) is 19.4. The Morgan fingerprint density at radius 2 is 1.78 bits per heavy atom. The fourth-order valence-electron chi connectivity index (χ4n) is 3.07. The molecule has 0 atom stereocenters. The SMILES string of the molecule is CCc1ccc(N(C(N)=O)c2nc(CC)nn2-c2ccccc2)c(CC)c1. The van der Waals surface area contributed by atoms with E-state index < -0.39 is 6.03 Å². The monoisotopic (exact) mass is 363 g/mol. The van der Waals surface area contributed by atoms with Crippen molar-refractivity contribution in [3.05, 3.63) is 65.5 Å². The number of anilines is 2. The first-order chi connectivity index (χ1) is 13.1. The zero-order valence-corrected chi connectivity index (χ0v) is 16.0. The molecule has 2 aromatic carbocycles. The maximum absolute atomic E-state index is 12.5. The van der Waals surface area contributed by atoms with E-state index in [1.807, 2.05) is 49.4 Å². The van der Waals surface area contributed by atoms with E-state index >= 15 is 0 Å². The molecule has 3 aromatic rings. The predicted molar refractivity (Wildman–Crippen MR) is 108 cm³/mol. The van der Waals surface area contributed by atoms with Gasteiger partial charge in [0.05, 0.1) is 11.4 Å². The quantitative estimate of drug-likeness (QED) is 0.714. The lowest BCUT2D eigenvalue weighted by Crippen LogP contribution is -2.34. The second-order valence-corrected chi connectivity index (χ2v) is 6.27. The van der Waals surface area contributed by atoms with Crippen LogP contribution in [0.3, 0.4) is 0 Å². The number of aromatic nitrogens is 3. The Morgan fingerprint density at radius 1 is 1.04 bits per heavy atom. The van der Waals surface area contributed by atoms with E-state index in [1.54, 1.807) is 4.68 Å². The molecular formula is C21H25N5O. The van der Waals surface area contributed by atoms with Crippen molar-refractivity contribution in [2.24, 2.45) is 5.73 Å². The first-order valence-corrected chi connectivity index (χ1v) is 9.31. The molecule has 0 aliphatic carbocycles. The number of nitrogens with two attached hydrogens (primary N) is 1. The van der Waals surface area contributed by atoms with Gasteiger partial charge in [0.25, 0.3) is 0 Å². The first-order valence-electron chi connectivity index (χ1n) is 9.31. The number of aryl methyl sites for hydroxylation is 3. The Balaban J connectivity index is 2.20. The number of carbonyl (C=O) groups is 1. The Morgan fingerprint density at radius 3 is 2.37 bits per heavy atom. The summed E-state index contributed by atoms with van der Waals surface area (Å²) in [5.41, 5.74) is 9.64. The normalized spacial score (nSPS) is 10.8. The highest BCUT2D eigenvalue weighted by atomic mass is 16.2. The third-order valence-corrected chi connectivity index (χ3v) is 4.55. The van der Waals surface area contributed by atoms with Gasteiger partial charge < -0.3 is 5.73 Å². The molecule has 140 valence electrons. The molecule has 6 heteroatoms. The third-order valence-electron chi connectivity index (χ3n) is 4.55. The number of hydrogen-bond donors (Lipinski definition) is 1. The fraction of sp³-hybridized carbons (Fsp3) is 0.286. The molecule has 27 heavy (non-hydrogen) atoms. The highest BCUT2D eigenvalue weighted by Crippen LogP contribution is 2.30. The molecule has 6 nitrogen and oxygen atoms in total. The van der Waals surface area contributed by atoms with E-state index in [4.69, 9.17) is 5.73 Å². The molecule has 0 fully saturated rings. The van der Waals surface area contributed by atoms with Gasteiger partial charge in [-0.25, -0.2) is 9.69 Å². The second kappa shape index (κ2) is 8.03. The summed E-state index contributed by atoms with van der Waals surface area (Å²) >= 11 is 0. The van der Waals surface area contributed by atoms with Crippen LogP contribution in [0.2, 0.25) is 0 Å². The van der Waals surface area contributed by atoms with Crippen LogP contribution in [0.15, 0.2) is 48.5 Å². The van der Waals surface area contributed by atoms with E-state index in [0.29, 0.717) is 18.2 Å². The zero-order valence-electron chi connectivity index (χ0n) is 16.0. The summed E-state index contributed by atoms with van der Waals surface area (Å²) in [6.45, 7) is 6.16. The highest BCUT2D eigenvalue weighted by molar-refractivity contribution is 5.97. The van der Waals surface area contributed by atoms with Crippen molar-refractivity contribution in [2.45, 2.75) is 40.0 Å². The van der Waals surface area contributed by atoms with E-state index in [2.05, 4.69) is 30.0 Å². The lowest BCUT2D eigenvalue weighted by atomic mass is 10.0. The summed E-state index contributed by atoms with van der Waals surface area (Å²) in [4.78, 5) is 18.5. The van der Waals surface area contributed by atoms with Crippen molar-refractivity contribution >= 4 is 17.7 Å². The number of carbonyl (C=O) groups excluding carboxylic acids is 1. The smallest absolute Gasteiger partial charge is 0.326 e. The van der Waals surface area contributed by atoms with Crippen LogP contribution in [0.5, 0.6) is 0 Å². The van der Waals surface area contributed by atoms with E-state index in [9.17, 15) is 4.79 Å².